The van der Waals surface area contributed by atoms with E-state index in [4.69, 9.17) is 5.48 Å². The highest BCUT2D eigenvalue weighted by molar-refractivity contribution is 5.70. The van der Waals surface area contributed by atoms with Crippen LogP contribution in [0, 0.1) is 11.8 Å². The molecule has 0 heterocycles. The molecule has 0 fully saturated rings. The second-order valence-corrected chi connectivity index (χ2v) is 2.87. The summed E-state index contributed by atoms with van der Waals surface area (Å²) >= 11 is 0. The molecule has 0 aliphatic carbocycles. The van der Waals surface area contributed by atoms with Gasteiger partial charge in [-0.3, -0.25) is 9.68 Å². The summed E-state index contributed by atoms with van der Waals surface area (Å²) in [6.07, 6.45) is -2.70. The van der Waals surface area contributed by atoms with Crippen LogP contribution in [0.2, 0.25) is 0 Å². The van der Waals surface area contributed by atoms with E-state index in [9.17, 15) is 14.4 Å². The molecule has 2 atom stereocenters. The maximum atomic E-state index is 11.5. The SMILES string of the molecule is [2H]C([2H])(OC(C)=O)C(C(C)C=O)C([2H])([2H])C(=O)OOC. The second kappa shape index (κ2) is 7.81. The van der Waals surface area contributed by atoms with Gasteiger partial charge in [-0.15, -0.1) is 0 Å². The Morgan fingerprint density at radius 2 is 2.12 bits per heavy atom. The molecule has 0 aromatic carbocycles. The molecule has 0 aromatic heterocycles. The summed E-state index contributed by atoms with van der Waals surface area (Å²) in [4.78, 5) is 41.3. The van der Waals surface area contributed by atoms with E-state index < -0.39 is 36.7 Å². The van der Waals surface area contributed by atoms with Crippen molar-refractivity contribution in [3.05, 3.63) is 0 Å². The minimum Gasteiger partial charge on any atom is -0.466 e. The van der Waals surface area contributed by atoms with Gasteiger partial charge in [0, 0.05) is 21.5 Å². The van der Waals surface area contributed by atoms with Crippen molar-refractivity contribution >= 4 is 18.2 Å². The summed E-state index contributed by atoms with van der Waals surface area (Å²) < 4.78 is 34.9. The Labute approximate surface area is 99.4 Å². The third-order valence-electron chi connectivity index (χ3n) is 1.50. The van der Waals surface area contributed by atoms with Gasteiger partial charge in [-0.05, 0) is 0 Å². The third-order valence-corrected chi connectivity index (χ3v) is 1.50. The highest BCUT2D eigenvalue weighted by Crippen LogP contribution is 2.15. The fourth-order valence-electron chi connectivity index (χ4n) is 0.720. The molecule has 0 radical (unpaired) electrons. The Morgan fingerprint density at radius 1 is 1.50 bits per heavy atom. The van der Waals surface area contributed by atoms with Crippen molar-refractivity contribution in [1.82, 2.24) is 0 Å². The Hall–Kier alpha value is -1.43. The fraction of sp³-hybridized carbons (Fsp3) is 0.700. The van der Waals surface area contributed by atoms with Crippen LogP contribution in [0.15, 0.2) is 0 Å². The fourth-order valence-corrected chi connectivity index (χ4v) is 0.720. The summed E-state index contributed by atoms with van der Waals surface area (Å²) in [5, 5.41) is 0. The van der Waals surface area contributed by atoms with Crippen LogP contribution < -0.4 is 0 Å². The first-order chi connectivity index (χ1) is 9.00. The van der Waals surface area contributed by atoms with Crippen molar-refractivity contribution < 1.29 is 34.4 Å². The van der Waals surface area contributed by atoms with Gasteiger partial charge < -0.3 is 9.53 Å². The van der Waals surface area contributed by atoms with E-state index in [1.165, 1.54) is 6.92 Å². The highest BCUT2D eigenvalue weighted by atomic mass is 17.2. The Morgan fingerprint density at radius 3 is 2.56 bits per heavy atom. The van der Waals surface area contributed by atoms with Gasteiger partial charge in [-0.2, -0.15) is 4.89 Å². The number of rotatable bonds is 7. The Kier molecular flexibility index (Phi) is 4.24. The van der Waals surface area contributed by atoms with Crippen LogP contribution in [-0.2, 0) is 28.9 Å². The van der Waals surface area contributed by atoms with Crippen LogP contribution in [0.3, 0.4) is 0 Å². The van der Waals surface area contributed by atoms with Crippen molar-refractivity contribution in [3.63, 3.8) is 0 Å². The zero-order valence-electron chi connectivity index (χ0n) is 13.2. The highest BCUT2D eigenvalue weighted by Gasteiger charge is 2.22. The molecule has 0 rings (SSSR count). The lowest BCUT2D eigenvalue weighted by Gasteiger charge is -2.17. The molecule has 92 valence electrons. The smallest absolute Gasteiger partial charge is 0.342 e. The molecular weight excluding hydrogens is 216 g/mol. The normalized spacial score (nSPS) is 19.2. The summed E-state index contributed by atoms with van der Waals surface area (Å²) in [5.41, 5.74) is 0. The zero-order valence-corrected chi connectivity index (χ0v) is 9.18. The van der Waals surface area contributed by atoms with Gasteiger partial charge in [0.1, 0.15) is 6.29 Å². The predicted octanol–water partition coefficient (Wildman–Crippen LogP) is 0.495. The van der Waals surface area contributed by atoms with E-state index in [0.29, 0.717) is 0 Å². The van der Waals surface area contributed by atoms with Gasteiger partial charge >= 0.3 is 11.9 Å². The first-order valence-electron chi connectivity index (χ1n) is 6.40. The van der Waals surface area contributed by atoms with Crippen molar-refractivity contribution in [2.24, 2.45) is 11.8 Å². The van der Waals surface area contributed by atoms with Crippen molar-refractivity contribution in [2.45, 2.75) is 20.2 Å². The molecule has 0 aliphatic rings. The molecule has 2 unspecified atom stereocenters. The molecule has 0 bridgehead atoms. The van der Waals surface area contributed by atoms with Crippen LogP contribution in [0.5, 0.6) is 0 Å². The van der Waals surface area contributed by atoms with Crippen LogP contribution in [0.1, 0.15) is 25.7 Å². The molecule has 0 saturated heterocycles. The molecule has 0 amide bonds. The van der Waals surface area contributed by atoms with Gasteiger partial charge in [-0.1, -0.05) is 6.92 Å². The lowest BCUT2D eigenvalue weighted by molar-refractivity contribution is -0.256. The average Bonchev–Trinajstić information content (AvgIpc) is 2.26. The van der Waals surface area contributed by atoms with Crippen molar-refractivity contribution in [3.8, 4) is 0 Å². The average molecular weight is 236 g/mol. The second-order valence-electron chi connectivity index (χ2n) is 2.87. The Bertz CT molecular complexity index is 384. The number of hydrogen-bond acceptors (Lipinski definition) is 6. The lowest BCUT2D eigenvalue weighted by atomic mass is 9.93. The van der Waals surface area contributed by atoms with E-state index in [2.05, 4.69) is 14.5 Å². The van der Waals surface area contributed by atoms with Crippen LogP contribution >= 0.6 is 0 Å². The van der Waals surface area contributed by atoms with Crippen molar-refractivity contribution in [2.75, 3.05) is 13.7 Å². The molecule has 0 spiro atoms. The van der Waals surface area contributed by atoms with E-state index in [1.54, 1.807) is 0 Å². The molecule has 16 heavy (non-hydrogen) atoms. The first-order valence-corrected chi connectivity index (χ1v) is 4.40. The number of aldehydes is 1. The topological polar surface area (TPSA) is 78.9 Å². The van der Waals surface area contributed by atoms with E-state index in [-0.39, 0.29) is 6.29 Å². The van der Waals surface area contributed by atoms with E-state index in [0.717, 1.165) is 14.0 Å². The maximum absolute atomic E-state index is 11.5. The number of carbonyl (C=O) groups excluding carboxylic acids is 3. The summed E-state index contributed by atoms with van der Waals surface area (Å²) in [6.45, 7) is -0.775. The van der Waals surface area contributed by atoms with Gasteiger partial charge in [-0.25, -0.2) is 4.79 Å². The number of esters is 1. The molecule has 0 N–H and O–H groups in total. The maximum Gasteiger partial charge on any atom is 0.342 e. The summed E-state index contributed by atoms with van der Waals surface area (Å²) in [6, 6.07) is 0. The van der Waals surface area contributed by atoms with Gasteiger partial charge in [0.15, 0.2) is 0 Å². The predicted molar refractivity (Wildman–Crippen MR) is 53.1 cm³/mol. The molecule has 0 saturated carbocycles. The van der Waals surface area contributed by atoms with Crippen molar-refractivity contribution in [1.29, 1.82) is 0 Å². The minimum atomic E-state index is -2.95. The summed E-state index contributed by atoms with van der Waals surface area (Å²) in [5.74, 6) is -5.72. The minimum absolute atomic E-state index is 0.254. The van der Waals surface area contributed by atoms with Crippen LogP contribution in [0.4, 0.5) is 0 Å². The quantitative estimate of drug-likeness (QED) is 0.277. The van der Waals surface area contributed by atoms with Gasteiger partial charge in [0.05, 0.1) is 22.8 Å². The lowest BCUT2D eigenvalue weighted by Crippen LogP contribution is -2.24. The van der Waals surface area contributed by atoms with Crippen LogP contribution in [-0.4, -0.2) is 31.9 Å². The number of hydrogen-bond donors (Lipinski definition) is 0. The van der Waals surface area contributed by atoms with Crippen LogP contribution in [0.25, 0.3) is 0 Å². The monoisotopic (exact) mass is 236 g/mol. The summed E-state index contributed by atoms with van der Waals surface area (Å²) in [7, 11) is 0.965. The number of carbonyl (C=O) groups is 3. The molecular formula is C10H16O6. The Balaban J connectivity index is 5.61. The zero-order chi connectivity index (χ0) is 16.1. The number of ether oxygens (including phenoxy) is 1. The molecule has 0 aromatic rings. The molecule has 0 aliphatic heterocycles. The first kappa shape index (κ1) is 8.69. The van der Waals surface area contributed by atoms with E-state index in [1.807, 2.05) is 0 Å². The largest absolute Gasteiger partial charge is 0.466 e. The standard InChI is InChI=1S/C10H16O6/c1-7(5-11)9(6-15-8(2)12)4-10(13)16-14-3/h5,7,9H,4,6H2,1-3H3/i4D2,6D2. The molecule has 6 heteroatoms. The third kappa shape index (κ3) is 6.13. The molecule has 6 nitrogen and oxygen atoms in total. The van der Waals surface area contributed by atoms with E-state index >= 15 is 0 Å². The van der Waals surface area contributed by atoms with Gasteiger partial charge in [0.2, 0.25) is 0 Å². The van der Waals surface area contributed by atoms with Gasteiger partial charge in [0.25, 0.3) is 0 Å².